The summed E-state index contributed by atoms with van der Waals surface area (Å²) in [4.78, 5) is 10.6. The van der Waals surface area contributed by atoms with Crippen LogP contribution < -0.4 is 0 Å². The van der Waals surface area contributed by atoms with Crippen molar-refractivity contribution in [1.29, 1.82) is 0 Å². The van der Waals surface area contributed by atoms with Gasteiger partial charge in [-0.3, -0.25) is 0 Å². The van der Waals surface area contributed by atoms with Crippen molar-refractivity contribution in [2.45, 2.75) is 53.9 Å². The highest BCUT2D eigenvalue weighted by atomic mass is 79.9. The number of carboxylic acids is 1. The lowest BCUT2D eigenvalue weighted by Crippen LogP contribution is -2.19. The number of carbonyl (C=O) groups is 1. The Labute approximate surface area is 148 Å². The molecule has 0 unspecified atom stereocenters. The second kappa shape index (κ2) is 8.49. The van der Waals surface area contributed by atoms with Gasteiger partial charge in [-0.05, 0) is 68.2 Å². The van der Waals surface area contributed by atoms with Crippen LogP contribution in [-0.2, 0) is 4.79 Å². The van der Waals surface area contributed by atoms with Gasteiger partial charge in [-0.25, -0.2) is 4.79 Å². The van der Waals surface area contributed by atoms with Crippen LogP contribution in [0.3, 0.4) is 0 Å². The van der Waals surface area contributed by atoms with Crippen molar-refractivity contribution in [1.82, 2.24) is 0 Å². The van der Waals surface area contributed by atoms with E-state index in [9.17, 15) is 4.79 Å². The Morgan fingerprint density at radius 3 is 2.43 bits per heavy atom. The van der Waals surface area contributed by atoms with Crippen LogP contribution in [0, 0.1) is 5.41 Å². The van der Waals surface area contributed by atoms with E-state index in [2.05, 4.69) is 48.9 Å². The van der Waals surface area contributed by atoms with Crippen molar-refractivity contribution in [3.8, 4) is 0 Å². The molecule has 1 aliphatic carbocycles. The summed E-state index contributed by atoms with van der Waals surface area (Å²) >= 11 is 3.56. The maximum atomic E-state index is 10.6. The first kappa shape index (κ1) is 19.7. The van der Waals surface area contributed by atoms with Gasteiger partial charge in [0.25, 0.3) is 0 Å². The van der Waals surface area contributed by atoms with E-state index in [1.807, 2.05) is 13.0 Å². The van der Waals surface area contributed by atoms with Crippen molar-refractivity contribution in [2.24, 2.45) is 5.41 Å². The van der Waals surface area contributed by atoms with Gasteiger partial charge >= 0.3 is 5.97 Å². The maximum absolute atomic E-state index is 10.6. The number of carboxylic acid groups (broad SMARTS) is 1. The highest BCUT2D eigenvalue weighted by Crippen LogP contribution is 2.40. The number of allylic oxidation sites excluding steroid dienone is 9. The molecule has 0 aromatic heterocycles. The van der Waals surface area contributed by atoms with E-state index in [1.54, 1.807) is 13.0 Å². The largest absolute Gasteiger partial charge is 0.478 e. The molecule has 126 valence electrons. The second-order valence-corrected chi connectivity index (χ2v) is 7.71. The van der Waals surface area contributed by atoms with Gasteiger partial charge in [0.05, 0.1) is 0 Å². The highest BCUT2D eigenvalue weighted by molar-refractivity contribution is 9.11. The summed E-state index contributed by atoms with van der Waals surface area (Å²) in [5.74, 6) is -0.925. The lowest BCUT2D eigenvalue weighted by molar-refractivity contribution is -0.131. The van der Waals surface area contributed by atoms with Crippen LogP contribution in [0.15, 0.2) is 57.2 Å². The van der Waals surface area contributed by atoms with Gasteiger partial charge in [-0.1, -0.05) is 53.6 Å². The Hall–Kier alpha value is -1.35. The Balaban J connectivity index is 2.94. The zero-order valence-electron chi connectivity index (χ0n) is 14.7. The van der Waals surface area contributed by atoms with E-state index in [0.29, 0.717) is 5.57 Å². The van der Waals surface area contributed by atoms with Gasteiger partial charge in [0.15, 0.2) is 0 Å². The molecule has 0 aliphatic heterocycles. The molecule has 0 saturated carbocycles. The molecule has 1 aliphatic rings. The summed E-state index contributed by atoms with van der Waals surface area (Å²) in [5, 5.41) is 8.71. The third-order valence-corrected chi connectivity index (χ3v) is 5.15. The first-order chi connectivity index (χ1) is 10.6. The molecule has 0 aromatic carbocycles. The molecule has 0 saturated heterocycles. The van der Waals surface area contributed by atoms with E-state index >= 15 is 0 Å². The molecule has 0 bridgehead atoms. The molecular formula is C20H27BrO2. The predicted octanol–water partition coefficient (Wildman–Crippen LogP) is 6.33. The first-order valence-corrected chi connectivity index (χ1v) is 8.77. The molecule has 2 nitrogen and oxygen atoms in total. The Morgan fingerprint density at radius 1 is 1.22 bits per heavy atom. The van der Waals surface area contributed by atoms with Crippen molar-refractivity contribution in [3.05, 3.63) is 57.2 Å². The minimum atomic E-state index is -0.925. The molecule has 0 fully saturated rings. The standard InChI is InChI=1S/C20H27BrO2/c1-14(13-19(22)23)8-11-18(21)16(3)9-10-17-15(2)7-6-12-20(17,4)5/h8-11,13H,6-7,12H2,1-5H3,(H,22,23)/b10-9+,11-8+,14-13+,18-16+. The fourth-order valence-corrected chi connectivity index (χ4v) is 3.14. The van der Waals surface area contributed by atoms with Crippen molar-refractivity contribution in [3.63, 3.8) is 0 Å². The van der Waals surface area contributed by atoms with E-state index in [-0.39, 0.29) is 5.41 Å². The minimum Gasteiger partial charge on any atom is -0.478 e. The van der Waals surface area contributed by atoms with Crippen LogP contribution in [-0.4, -0.2) is 11.1 Å². The molecule has 0 atom stereocenters. The van der Waals surface area contributed by atoms with Crippen LogP contribution >= 0.6 is 15.9 Å². The number of aliphatic carboxylic acids is 1. The second-order valence-electron chi connectivity index (χ2n) is 6.86. The van der Waals surface area contributed by atoms with Gasteiger partial charge < -0.3 is 5.11 Å². The monoisotopic (exact) mass is 378 g/mol. The van der Waals surface area contributed by atoms with Gasteiger partial charge in [0, 0.05) is 10.6 Å². The summed E-state index contributed by atoms with van der Waals surface area (Å²) in [6.45, 7) is 10.7. The van der Waals surface area contributed by atoms with E-state index in [0.717, 1.165) is 10.1 Å². The Morgan fingerprint density at radius 2 is 1.87 bits per heavy atom. The van der Waals surface area contributed by atoms with Crippen LogP contribution in [0.4, 0.5) is 0 Å². The minimum absolute atomic E-state index is 0.238. The molecule has 3 heteroatoms. The number of rotatable bonds is 5. The van der Waals surface area contributed by atoms with Crippen molar-refractivity contribution < 1.29 is 9.90 Å². The summed E-state index contributed by atoms with van der Waals surface area (Å²) in [7, 11) is 0. The molecule has 0 heterocycles. The lowest BCUT2D eigenvalue weighted by Gasteiger charge is -2.33. The van der Waals surface area contributed by atoms with Gasteiger partial charge in [-0.15, -0.1) is 0 Å². The summed E-state index contributed by atoms with van der Waals surface area (Å²) in [5.41, 5.74) is 4.98. The lowest BCUT2D eigenvalue weighted by atomic mass is 9.72. The van der Waals surface area contributed by atoms with Crippen LogP contribution in [0.1, 0.15) is 53.9 Å². The Kier molecular flexibility index (Phi) is 7.27. The third-order valence-electron chi connectivity index (χ3n) is 4.26. The molecule has 23 heavy (non-hydrogen) atoms. The quantitative estimate of drug-likeness (QED) is 0.448. The Bertz CT molecular complexity index is 614. The van der Waals surface area contributed by atoms with Gasteiger partial charge in [-0.2, -0.15) is 0 Å². The third kappa shape index (κ3) is 6.34. The highest BCUT2D eigenvalue weighted by Gasteiger charge is 2.26. The number of hydrogen-bond donors (Lipinski definition) is 1. The average molecular weight is 379 g/mol. The van der Waals surface area contributed by atoms with Crippen LogP contribution in [0.25, 0.3) is 0 Å². The molecule has 0 radical (unpaired) electrons. The van der Waals surface area contributed by atoms with Gasteiger partial charge in [0.1, 0.15) is 0 Å². The molecule has 1 rings (SSSR count). The smallest absolute Gasteiger partial charge is 0.328 e. The average Bonchev–Trinajstić information content (AvgIpc) is 2.42. The van der Waals surface area contributed by atoms with Crippen molar-refractivity contribution in [2.75, 3.05) is 0 Å². The number of hydrogen-bond acceptors (Lipinski definition) is 1. The van der Waals surface area contributed by atoms with Crippen molar-refractivity contribution >= 4 is 21.9 Å². The predicted molar refractivity (Wildman–Crippen MR) is 102 cm³/mol. The number of halogens is 1. The fraction of sp³-hybridized carbons (Fsp3) is 0.450. The fourth-order valence-electron chi connectivity index (χ4n) is 2.88. The molecule has 0 spiro atoms. The van der Waals surface area contributed by atoms with Gasteiger partial charge in [0.2, 0.25) is 0 Å². The van der Waals surface area contributed by atoms with E-state index in [1.165, 1.54) is 36.5 Å². The molecular weight excluding hydrogens is 352 g/mol. The summed E-state index contributed by atoms with van der Waals surface area (Å²) < 4.78 is 0.957. The summed E-state index contributed by atoms with van der Waals surface area (Å²) in [6, 6.07) is 0. The molecule has 0 amide bonds. The summed E-state index contributed by atoms with van der Waals surface area (Å²) in [6.07, 6.45) is 12.9. The van der Waals surface area contributed by atoms with E-state index < -0.39 is 5.97 Å². The molecule has 0 aromatic rings. The topological polar surface area (TPSA) is 37.3 Å². The molecule has 1 N–H and O–H groups in total. The normalized spacial score (nSPS) is 20.3. The first-order valence-electron chi connectivity index (χ1n) is 7.97. The maximum Gasteiger partial charge on any atom is 0.328 e. The zero-order chi connectivity index (χ0) is 17.6. The van der Waals surface area contributed by atoms with Crippen LogP contribution in [0.2, 0.25) is 0 Å². The van der Waals surface area contributed by atoms with E-state index in [4.69, 9.17) is 5.11 Å². The zero-order valence-corrected chi connectivity index (χ0v) is 16.3. The van der Waals surface area contributed by atoms with Crippen LogP contribution in [0.5, 0.6) is 0 Å². The SMILES string of the molecule is CC1=C(/C=C/C(C)=C(Br)\C=C\C(C)=C\C(=O)O)C(C)(C)CCC1.